The number of halogens is 3. The van der Waals surface area contributed by atoms with E-state index in [1.807, 2.05) is 121 Å². The summed E-state index contributed by atoms with van der Waals surface area (Å²) in [6.45, 7) is 35.5. The molecule has 5 aromatic carbocycles. The van der Waals surface area contributed by atoms with E-state index >= 15 is 0 Å². The Morgan fingerprint density at radius 3 is 1.21 bits per heavy atom. The molecule has 11 aromatic rings. The maximum atomic E-state index is 11.6. The van der Waals surface area contributed by atoms with Crippen molar-refractivity contribution in [2.45, 2.75) is 207 Å². The van der Waals surface area contributed by atoms with Gasteiger partial charge in [0.05, 0.1) is 82.5 Å². The first kappa shape index (κ1) is 104. The van der Waals surface area contributed by atoms with Gasteiger partial charge < -0.3 is 53.7 Å². The summed E-state index contributed by atoms with van der Waals surface area (Å²) in [4.78, 5) is 79.9. The number of aryl methyl sites for hydroxylation is 10. The number of anilines is 3. The number of hydrogen-bond donors (Lipinski definition) is 3. The molecule has 37 nitrogen and oxygen atoms in total. The van der Waals surface area contributed by atoms with Crippen molar-refractivity contribution < 1.29 is 73.5 Å². The van der Waals surface area contributed by atoms with E-state index in [-0.39, 0.29) is 80.3 Å². The summed E-state index contributed by atoms with van der Waals surface area (Å²) in [5.74, 6) is 7.12. The number of fused-ring (bicyclic) bond motifs is 4. The number of hydrogen-bond acceptors (Lipinski definition) is 31. The Labute approximate surface area is 793 Å². The van der Waals surface area contributed by atoms with Gasteiger partial charge in [-0.2, -0.15) is 16.8 Å². The number of nitro benzene ring substituents is 4. The molecule has 4 fully saturated rings. The normalized spacial score (nSPS) is 14.4. The number of Topliss-reactive ketones (excluding diaryl/α,β-unsaturated/α-hetero) is 2. The number of carbonyl (C=O) groups is 2. The van der Waals surface area contributed by atoms with Crippen LogP contribution in [-0.2, 0) is 63.4 Å². The van der Waals surface area contributed by atoms with Gasteiger partial charge in [-0.05, 0) is 245 Å². The third-order valence-corrected chi connectivity index (χ3v) is 23.9. The minimum atomic E-state index is -2.95. The molecule has 17 rings (SSSR count). The Morgan fingerprint density at radius 1 is 0.492 bits per heavy atom. The van der Waals surface area contributed by atoms with Gasteiger partial charge >= 0.3 is 69.3 Å². The molecular weight excluding hydrogens is 1920 g/mol. The van der Waals surface area contributed by atoms with E-state index < -0.39 is 28.4 Å². The number of aromatic nitrogens is 8. The molecule has 0 radical (unpaired) electrons. The monoisotopic (exact) mass is 2010 g/mol. The van der Waals surface area contributed by atoms with Gasteiger partial charge in [-0.25, -0.2) is 9.97 Å². The fourth-order valence-corrected chi connectivity index (χ4v) is 15.4. The van der Waals surface area contributed by atoms with Gasteiger partial charge in [-0.15, -0.1) is 0 Å². The van der Waals surface area contributed by atoms with E-state index in [0.717, 1.165) is 153 Å². The predicted molar refractivity (Wildman–Crippen MR) is 500 cm³/mol. The Kier molecular flexibility index (Phi) is 36.5. The Bertz CT molecular complexity index is 6280. The molecule has 0 spiro atoms. The number of carbonyl (C=O) groups excluding carboxylic acids is 2. The number of nitrogens with zero attached hydrogens (tertiary/aromatic N) is 14. The van der Waals surface area contributed by atoms with Crippen LogP contribution < -0.4 is 22.7 Å². The van der Waals surface area contributed by atoms with E-state index in [2.05, 4.69) is 110 Å². The molecule has 45 heteroatoms. The molecule has 3 saturated carbocycles. The number of alkyl halides is 1. The third-order valence-electron chi connectivity index (χ3n) is 21.2. The summed E-state index contributed by atoms with van der Waals surface area (Å²) in [6.07, 6.45) is 9.42. The van der Waals surface area contributed by atoms with Crippen molar-refractivity contribution in [3.63, 3.8) is 0 Å². The molecule has 672 valence electrons. The van der Waals surface area contributed by atoms with Gasteiger partial charge in [0, 0.05) is 98.0 Å². The topological polar surface area (TPSA) is 536 Å². The molecule has 6 N–H and O–H groups in total. The van der Waals surface area contributed by atoms with Crippen LogP contribution in [0.3, 0.4) is 0 Å². The molecule has 0 unspecified atom stereocenters. The molecule has 9 heterocycles. The summed E-state index contributed by atoms with van der Waals surface area (Å²) >= 11 is 12.6. The van der Waals surface area contributed by atoms with Crippen molar-refractivity contribution in [1.82, 2.24) is 39.7 Å². The van der Waals surface area contributed by atoms with E-state index in [9.17, 15) is 50.0 Å². The second-order valence-electron chi connectivity index (χ2n) is 32.2. The van der Waals surface area contributed by atoms with Crippen molar-refractivity contribution in [2.75, 3.05) is 22.5 Å². The van der Waals surface area contributed by atoms with Gasteiger partial charge in [0.1, 0.15) is 68.8 Å². The number of imidazole rings is 2. The van der Waals surface area contributed by atoms with Crippen molar-refractivity contribution in [3.05, 3.63) is 179 Å². The minimum absolute atomic E-state index is 0.00296. The van der Waals surface area contributed by atoms with Crippen molar-refractivity contribution in [3.8, 4) is 33.4 Å². The van der Waals surface area contributed by atoms with Crippen LogP contribution in [0.15, 0.2) is 97.7 Å². The Hall–Kier alpha value is -9.38. The average molecular weight is 2010 g/mol. The van der Waals surface area contributed by atoms with Crippen LogP contribution in [-0.4, -0.2) is 167 Å². The van der Waals surface area contributed by atoms with E-state index in [1.54, 1.807) is 19.1 Å². The zero-order chi connectivity index (χ0) is 95.3. The van der Waals surface area contributed by atoms with Crippen LogP contribution in [0.25, 0.3) is 55.4 Å². The van der Waals surface area contributed by atoms with Gasteiger partial charge in [0.25, 0.3) is 22.7 Å². The number of benzene rings is 5. The van der Waals surface area contributed by atoms with Gasteiger partial charge in [0.15, 0.2) is 5.52 Å². The number of nitro groups is 4. The first-order valence-electron chi connectivity index (χ1n) is 40.6. The number of nitrogen functional groups attached to an aromatic ring is 3. The van der Waals surface area contributed by atoms with Crippen LogP contribution in [0, 0.1) is 127 Å². The average Bonchev–Trinajstić information content (AvgIpc) is 1.57. The first-order valence-corrected chi connectivity index (χ1v) is 54.0. The molecule has 128 heavy (non-hydrogen) atoms. The first-order chi connectivity index (χ1) is 60.0. The molecule has 0 amide bonds. The number of nitrogens with two attached hydrogens (primary N) is 3. The number of non-ortho nitro benzene ring substituents is 1. The molecule has 3 aliphatic carbocycles. The predicted octanol–water partition coefficient (Wildman–Crippen LogP) is 17.4. The van der Waals surface area contributed by atoms with Gasteiger partial charge in [0.2, 0.25) is 0 Å². The van der Waals surface area contributed by atoms with Crippen LogP contribution >= 0.6 is 47.8 Å². The quantitative estimate of drug-likeness (QED) is 0.0214. The van der Waals surface area contributed by atoms with E-state index in [1.165, 1.54) is 120 Å². The molecule has 0 bridgehead atoms. The second-order valence-corrected chi connectivity index (χ2v) is 37.1. The third kappa shape index (κ3) is 26.9. The zero-order valence-corrected chi connectivity index (χ0v) is 85.1. The maximum absolute atomic E-state index is 11.6. The Balaban J connectivity index is 0.000000184. The van der Waals surface area contributed by atoms with Crippen LogP contribution in [0.5, 0.6) is 0 Å². The zero-order valence-electron chi connectivity index (χ0n) is 74.7. The molecule has 6 aliphatic rings. The van der Waals surface area contributed by atoms with Crippen molar-refractivity contribution in [1.29, 1.82) is 0 Å². The molecule has 0 atom stereocenters. The summed E-state index contributed by atoms with van der Waals surface area (Å²) in [7, 11) is -6.28. The summed E-state index contributed by atoms with van der Waals surface area (Å²) in [5.41, 5.74) is 34.4. The van der Waals surface area contributed by atoms with Gasteiger partial charge in [-0.3, -0.25) is 60.0 Å². The number of aliphatic imine (C=N–C) groups is 2. The van der Waals surface area contributed by atoms with Gasteiger partial charge in [-0.1, -0.05) is 68.4 Å². The summed E-state index contributed by atoms with van der Waals surface area (Å²) in [6, 6.07) is 17.4. The SMILES string of the molecule is BrCC1CC1.CC(=O)CC(C)=O.CC1=Nc2c(cc(-c3c(C)noc3C)cc2[N+](=O)[O-])C1.CC1=Nc2c(cc(Br)cc2[N+](=O)[O-])C1.Cc1noc(C)c1-c1cc(N)c2nc(C)n(CC3CC3)c2c1.Cc1noc(C)c1-c1cc([N+](=O)[O-])c2nc(C)n(CC3CC3)c2c1.Cc1noc(C)c1B1OC(C)(C)C(C)(C)O1.Nc1cc(Br)cc([N+](=O)[O-])c1N.O=S(=O)=S(=O)=O.[Na][Na]. The second kappa shape index (κ2) is 45.0. The standard InChI is InChI=1S/C17H18N4O3.C17H20N4O.C14H13N3O3.C11H18BNO3.C9H7BrN2O2.C6H6BrN3O2.C5H8O2.C4H7Br.2Na.O4S2/c1-9-16(10(2)24-19-9)13-6-14-17(15(7-13)21(22)23)18-11(3)20(14)8-12-4-5-12;1-9-16(10(2)22-20-9)13-6-14(18)17-15(7-13)21(11(3)19-17)8-12-4-5-12;1-7-4-11-5-10(13-8(2)16-20-9(13)3)6-12(17(18)19)14(11)15-7;1-7-9(8(2)14-13-7)12-15-10(3,4)11(5,6)16-12;1-5-2-6-3-7(10)4-8(12(13)14)9(6)11-5;7-3-1-4(8)6(9)5(2-3)10(11)12;1-4(6)3-5(2)7;5-3-4-1-2-4;;;1-5(2)6(3)4/h6-7,12H,4-5,8H2,1-3H3;6-7,12H,4-5,8,18H2,1-3H3;5-6H,4H2,1-3H3;1-6H3;3-4H,2H2,1H3;1-2H,8-9H2;3H2,1-2H3;4H,1-3H2;;;. The van der Waals surface area contributed by atoms with Crippen LogP contribution in [0.2, 0.25) is 0 Å². The molecule has 1 saturated heterocycles. The fourth-order valence-electron chi connectivity index (χ4n) is 13.8. The summed E-state index contributed by atoms with van der Waals surface area (Å²) < 4.78 is 74.7. The van der Waals surface area contributed by atoms with Crippen LogP contribution in [0.1, 0.15) is 169 Å². The number of rotatable bonds is 15. The van der Waals surface area contributed by atoms with E-state index in [4.69, 9.17) is 61.4 Å². The molecule has 6 aromatic heterocycles. The Morgan fingerprint density at radius 2 is 0.852 bits per heavy atom. The van der Waals surface area contributed by atoms with E-state index in [0.29, 0.717) is 57.3 Å². The molecular formula is C83H97BBr3N17Na2O20S2. The van der Waals surface area contributed by atoms with Crippen molar-refractivity contribution in [2.24, 2.45) is 27.7 Å². The number of ketones is 2. The molecule has 3 aliphatic heterocycles. The fraction of sp³-hybridized carbons (Fsp3) is 0.422. The van der Waals surface area contributed by atoms with Crippen LogP contribution in [0.4, 0.5) is 51.2 Å². The summed E-state index contributed by atoms with van der Waals surface area (Å²) in [5, 5.41) is 61.0. The van der Waals surface area contributed by atoms with Crippen molar-refractivity contribution >= 4 is 219 Å².